The van der Waals surface area contributed by atoms with Gasteiger partial charge in [0.1, 0.15) is 11.5 Å². The van der Waals surface area contributed by atoms with Gasteiger partial charge >= 0.3 is 0 Å². The molecule has 0 radical (unpaired) electrons. The van der Waals surface area contributed by atoms with Crippen LogP contribution in [0.1, 0.15) is 16.9 Å². The van der Waals surface area contributed by atoms with Crippen LogP contribution < -0.4 is 0 Å². The molecule has 7 heteroatoms. The number of rotatable bonds is 4. The first-order chi connectivity index (χ1) is 14.0. The van der Waals surface area contributed by atoms with Crippen LogP contribution in [0, 0.1) is 14.9 Å². The van der Waals surface area contributed by atoms with E-state index in [1.165, 1.54) is 4.90 Å². The van der Waals surface area contributed by atoms with E-state index in [-0.39, 0.29) is 17.7 Å². The number of halogens is 1. The molecule has 1 aliphatic heterocycles. The van der Waals surface area contributed by atoms with Crippen LogP contribution in [-0.2, 0) is 11.3 Å². The van der Waals surface area contributed by atoms with Crippen molar-refractivity contribution in [2.75, 3.05) is 0 Å². The number of hydrogen-bond donors (Lipinski definition) is 0. The molecule has 1 saturated heterocycles. The fraction of sp³-hybridized carbons (Fsp3) is 0.0455. The first kappa shape index (κ1) is 19.5. The van der Waals surface area contributed by atoms with Crippen molar-refractivity contribution in [3.63, 3.8) is 0 Å². The summed E-state index contributed by atoms with van der Waals surface area (Å²) >= 11 is 3.10. The zero-order valence-corrected chi connectivity index (χ0v) is 17.9. The van der Waals surface area contributed by atoms with Crippen molar-refractivity contribution < 1.29 is 14.0 Å². The zero-order valence-electron chi connectivity index (χ0n) is 15.0. The minimum Gasteiger partial charge on any atom is -0.457 e. The molecule has 0 spiro atoms. The van der Waals surface area contributed by atoms with Crippen LogP contribution in [0.5, 0.6) is 0 Å². The van der Waals surface area contributed by atoms with Crippen LogP contribution in [0.2, 0.25) is 0 Å². The van der Waals surface area contributed by atoms with Gasteiger partial charge in [-0.25, -0.2) is 0 Å². The second-order valence-corrected chi connectivity index (χ2v) is 8.49. The lowest BCUT2D eigenvalue weighted by atomic mass is 10.1. The lowest BCUT2D eigenvalue weighted by Gasteiger charge is -2.12. The minimum atomic E-state index is -0.339. The smallest absolute Gasteiger partial charge is 0.293 e. The Morgan fingerprint density at radius 2 is 1.83 bits per heavy atom. The van der Waals surface area contributed by atoms with E-state index in [9.17, 15) is 14.9 Å². The van der Waals surface area contributed by atoms with Crippen LogP contribution >= 0.6 is 34.4 Å². The molecule has 3 aromatic rings. The molecule has 1 aliphatic rings. The summed E-state index contributed by atoms with van der Waals surface area (Å²) in [5.41, 5.74) is 2.08. The van der Waals surface area contributed by atoms with E-state index in [1.54, 1.807) is 36.4 Å². The molecule has 29 heavy (non-hydrogen) atoms. The molecule has 0 atom stereocenters. The van der Waals surface area contributed by atoms with E-state index in [4.69, 9.17) is 4.42 Å². The van der Waals surface area contributed by atoms with Gasteiger partial charge in [-0.1, -0.05) is 24.3 Å². The Morgan fingerprint density at radius 1 is 1.07 bits per heavy atom. The van der Waals surface area contributed by atoms with Gasteiger partial charge in [0.05, 0.1) is 23.1 Å². The third kappa shape index (κ3) is 4.13. The Labute approximate surface area is 185 Å². The second-order valence-electron chi connectivity index (χ2n) is 6.25. The SMILES string of the molecule is N#Cc1ccccc1-c1ccc(/C=C2\SC(=O)N(Cc3ccc(I)cc3)C2=O)o1. The Morgan fingerprint density at radius 3 is 2.59 bits per heavy atom. The molecule has 2 heterocycles. The highest BCUT2D eigenvalue weighted by atomic mass is 127. The Kier molecular flexibility index (Phi) is 5.56. The third-order valence-electron chi connectivity index (χ3n) is 4.34. The van der Waals surface area contributed by atoms with E-state index in [0.717, 1.165) is 20.9 Å². The fourth-order valence-corrected chi connectivity index (χ4v) is 4.09. The van der Waals surface area contributed by atoms with Crippen LogP contribution in [0.25, 0.3) is 17.4 Å². The first-order valence-corrected chi connectivity index (χ1v) is 10.5. The maximum absolute atomic E-state index is 12.7. The minimum absolute atomic E-state index is 0.234. The normalized spacial score (nSPS) is 15.2. The molecule has 0 bridgehead atoms. The lowest BCUT2D eigenvalue weighted by molar-refractivity contribution is -0.123. The summed E-state index contributed by atoms with van der Waals surface area (Å²) in [6.07, 6.45) is 1.57. The van der Waals surface area contributed by atoms with Crippen molar-refractivity contribution >= 4 is 51.6 Å². The molecule has 0 saturated carbocycles. The van der Waals surface area contributed by atoms with E-state index in [1.807, 2.05) is 30.3 Å². The number of amides is 2. The molecule has 1 aromatic heterocycles. The number of furan rings is 1. The summed E-state index contributed by atoms with van der Waals surface area (Å²) in [4.78, 5) is 26.6. The molecule has 0 unspecified atom stereocenters. The highest BCUT2D eigenvalue weighted by molar-refractivity contribution is 14.1. The lowest BCUT2D eigenvalue weighted by Crippen LogP contribution is -2.27. The number of imide groups is 1. The Bertz CT molecular complexity index is 1180. The van der Waals surface area contributed by atoms with E-state index < -0.39 is 0 Å². The van der Waals surface area contributed by atoms with Gasteiger partial charge in [0, 0.05) is 15.2 Å². The van der Waals surface area contributed by atoms with Gasteiger partial charge in [-0.15, -0.1) is 0 Å². The highest BCUT2D eigenvalue weighted by Crippen LogP contribution is 2.34. The number of nitriles is 1. The summed E-state index contributed by atoms with van der Waals surface area (Å²) in [5, 5.41) is 8.95. The van der Waals surface area contributed by atoms with Crippen molar-refractivity contribution in [1.29, 1.82) is 5.26 Å². The maximum atomic E-state index is 12.7. The summed E-state index contributed by atoms with van der Waals surface area (Å²) < 4.78 is 6.89. The summed E-state index contributed by atoms with van der Waals surface area (Å²) in [6, 6.07) is 20.4. The van der Waals surface area contributed by atoms with Gasteiger partial charge in [0.15, 0.2) is 0 Å². The average molecular weight is 512 g/mol. The molecule has 4 rings (SSSR count). The molecular weight excluding hydrogens is 499 g/mol. The summed E-state index contributed by atoms with van der Waals surface area (Å²) in [7, 11) is 0. The average Bonchev–Trinajstić information content (AvgIpc) is 3.30. The number of carbonyl (C=O) groups excluding carboxylic acids is 2. The van der Waals surface area contributed by atoms with Gasteiger partial charge in [0.2, 0.25) is 0 Å². The molecule has 1 fully saturated rings. The van der Waals surface area contributed by atoms with Crippen molar-refractivity contribution in [1.82, 2.24) is 4.90 Å². The van der Waals surface area contributed by atoms with Crippen molar-refractivity contribution in [2.24, 2.45) is 0 Å². The van der Waals surface area contributed by atoms with Gasteiger partial charge in [-0.05, 0) is 76.3 Å². The van der Waals surface area contributed by atoms with Gasteiger partial charge in [-0.2, -0.15) is 5.26 Å². The van der Waals surface area contributed by atoms with Gasteiger partial charge in [-0.3, -0.25) is 14.5 Å². The molecule has 0 N–H and O–H groups in total. The zero-order chi connectivity index (χ0) is 20.4. The van der Waals surface area contributed by atoms with Gasteiger partial charge < -0.3 is 4.42 Å². The van der Waals surface area contributed by atoms with Crippen LogP contribution in [0.4, 0.5) is 4.79 Å². The fourth-order valence-electron chi connectivity index (χ4n) is 2.91. The monoisotopic (exact) mass is 512 g/mol. The van der Waals surface area contributed by atoms with Crippen molar-refractivity contribution in [3.8, 4) is 17.4 Å². The Hall–Kier alpha value is -2.83. The molecule has 5 nitrogen and oxygen atoms in total. The number of benzene rings is 2. The van der Waals surface area contributed by atoms with Gasteiger partial charge in [0.25, 0.3) is 11.1 Å². The number of hydrogen-bond acceptors (Lipinski definition) is 5. The van der Waals surface area contributed by atoms with Crippen molar-refractivity contribution in [3.05, 3.63) is 86.0 Å². The quantitative estimate of drug-likeness (QED) is 0.333. The first-order valence-electron chi connectivity index (χ1n) is 8.64. The predicted molar refractivity (Wildman–Crippen MR) is 120 cm³/mol. The van der Waals surface area contributed by atoms with E-state index in [0.29, 0.717) is 27.6 Å². The number of carbonyl (C=O) groups is 2. The van der Waals surface area contributed by atoms with Crippen LogP contribution in [0.15, 0.2) is 70.0 Å². The Balaban J connectivity index is 1.56. The topological polar surface area (TPSA) is 74.3 Å². The number of thioether (sulfide) groups is 1. The number of nitrogens with zero attached hydrogens (tertiary/aromatic N) is 2. The molecular formula is C22H13IN2O3S. The van der Waals surface area contributed by atoms with Crippen LogP contribution in [-0.4, -0.2) is 16.0 Å². The maximum Gasteiger partial charge on any atom is 0.293 e. The second kappa shape index (κ2) is 8.27. The summed E-state index contributed by atoms with van der Waals surface area (Å²) in [6.45, 7) is 0.234. The largest absolute Gasteiger partial charge is 0.457 e. The van der Waals surface area contributed by atoms with Crippen molar-refractivity contribution in [2.45, 2.75) is 6.54 Å². The molecule has 0 aliphatic carbocycles. The molecule has 2 aromatic carbocycles. The van der Waals surface area contributed by atoms with Crippen LogP contribution in [0.3, 0.4) is 0 Å². The summed E-state index contributed by atoms with van der Waals surface area (Å²) in [5.74, 6) is 0.646. The predicted octanol–water partition coefficient (Wildman–Crippen LogP) is 5.66. The van der Waals surface area contributed by atoms with E-state index >= 15 is 0 Å². The van der Waals surface area contributed by atoms with E-state index in [2.05, 4.69) is 28.7 Å². The molecule has 142 valence electrons. The third-order valence-corrected chi connectivity index (χ3v) is 5.97. The highest BCUT2D eigenvalue weighted by Gasteiger charge is 2.35. The standard InChI is InChI=1S/C22H13IN2O3S/c23-16-7-5-14(6-8-16)13-25-21(26)20(29-22(25)27)11-17-9-10-19(28-17)18-4-2-1-3-15(18)12-24/h1-11H,13H2/b20-11-. The molecule has 2 amide bonds.